The summed E-state index contributed by atoms with van der Waals surface area (Å²) in [5, 5.41) is 2.72. The second-order valence-corrected chi connectivity index (χ2v) is 5.00. The smallest absolute Gasteiger partial charge is 0.255 e. The highest BCUT2D eigenvalue weighted by Gasteiger charge is 2.17. The molecular formula is C15H10ClF2NO3. The van der Waals surface area contributed by atoms with Crippen molar-refractivity contribution in [2.24, 2.45) is 0 Å². The van der Waals surface area contributed by atoms with Crippen molar-refractivity contribution in [2.75, 3.05) is 18.5 Å². The second kappa shape index (κ2) is 5.81. The minimum Gasteiger partial charge on any atom is -0.486 e. The normalized spacial score (nSPS) is 12.9. The lowest BCUT2D eigenvalue weighted by Crippen LogP contribution is -2.17. The predicted molar refractivity (Wildman–Crippen MR) is 76.8 cm³/mol. The molecule has 1 aliphatic rings. The highest BCUT2D eigenvalue weighted by molar-refractivity contribution is 6.34. The zero-order valence-electron chi connectivity index (χ0n) is 11.2. The third-order valence-electron chi connectivity index (χ3n) is 3.00. The van der Waals surface area contributed by atoms with Crippen molar-refractivity contribution in [3.8, 4) is 11.5 Å². The maximum Gasteiger partial charge on any atom is 0.255 e. The molecule has 0 saturated carbocycles. The maximum absolute atomic E-state index is 13.1. The second-order valence-electron chi connectivity index (χ2n) is 4.59. The Bertz CT molecular complexity index is 732. The lowest BCUT2D eigenvalue weighted by atomic mass is 10.2. The van der Waals surface area contributed by atoms with E-state index in [1.165, 1.54) is 12.1 Å². The lowest BCUT2D eigenvalue weighted by molar-refractivity contribution is 0.102. The summed E-state index contributed by atoms with van der Waals surface area (Å²) in [6.45, 7) is 0.800. The van der Waals surface area contributed by atoms with Crippen LogP contribution >= 0.6 is 11.6 Å². The molecule has 1 heterocycles. The number of hydrogen-bond donors (Lipinski definition) is 1. The molecule has 0 aromatic heterocycles. The van der Waals surface area contributed by atoms with Crippen LogP contribution in [-0.4, -0.2) is 19.1 Å². The Labute approximate surface area is 129 Å². The van der Waals surface area contributed by atoms with E-state index >= 15 is 0 Å². The highest BCUT2D eigenvalue weighted by Crippen LogP contribution is 2.38. The Morgan fingerprint density at radius 3 is 2.23 bits per heavy atom. The van der Waals surface area contributed by atoms with Gasteiger partial charge in [-0.2, -0.15) is 0 Å². The van der Waals surface area contributed by atoms with Crippen LogP contribution in [0.3, 0.4) is 0 Å². The van der Waals surface area contributed by atoms with Gasteiger partial charge in [0.05, 0.1) is 10.7 Å². The van der Waals surface area contributed by atoms with Gasteiger partial charge in [0.1, 0.15) is 24.8 Å². The summed E-state index contributed by atoms with van der Waals surface area (Å²) >= 11 is 6.06. The molecule has 3 rings (SSSR count). The summed E-state index contributed by atoms with van der Waals surface area (Å²) in [7, 11) is 0. The number of anilines is 1. The number of nitrogens with one attached hydrogen (secondary N) is 1. The van der Waals surface area contributed by atoms with Gasteiger partial charge in [0, 0.05) is 23.8 Å². The Morgan fingerprint density at radius 2 is 1.59 bits per heavy atom. The molecule has 1 N–H and O–H groups in total. The van der Waals surface area contributed by atoms with Crippen LogP contribution in [0.4, 0.5) is 14.5 Å². The number of benzene rings is 2. The fourth-order valence-corrected chi connectivity index (χ4v) is 2.24. The van der Waals surface area contributed by atoms with E-state index in [0.717, 1.165) is 12.1 Å². The Hall–Kier alpha value is -2.34. The van der Waals surface area contributed by atoms with Gasteiger partial charge in [-0.15, -0.1) is 0 Å². The van der Waals surface area contributed by atoms with Crippen LogP contribution in [0, 0.1) is 11.6 Å². The fraction of sp³-hybridized carbons (Fsp3) is 0.133. The van der Waals surface area contributed by atoms with E-state index in [9.17, 15) is 13.6 Å². The quantitative estimate of drug-likeness (QED) is 0.917. The summed E-state index contributed by atoms with van der Waals surface area (Å²) in [6, 6.07) is 5.57. The average Bonchev–Trinajstić information content (AvgIpc) is 2.47. The molecule has 0 bridgehead atoms. The molecule has 0 aliphatic carbocycles. The van der Waals surface area contributed by atoms with Crippen molar-refractivity contribution in [1.82, 2.24) is 0 Å². The van der Waals surface area contributed by atoms with Crippen LogP contribution in [-0.2, 0) is 0 Å². The summed E-state index contributed by atoms with van der Waals surface area (Å²) in [6.07, 6.45) is 0. The zero-order chi connectivity index (χ0) is 15.7. The first-order valence-corrected chi connectivity index (χ1v) is 6.77. The molecular weight excluding hydrogens is 316 g/mol. The molecule has 0 saturated heterocycles. The van der Waals surface area contributed by atoms with E-state index in [-0.39, 0.29) is 16.3 Å². The van der Waals surface area contributed by atoms with Crippen LogP contribution in [0.1, 0.15) is 10.4 Å². The number of carbonyl (C=O) groups excluding carboxylic acids is 1. The molecule has 0 radical (unpaired) electrons. The molecule has 114 valence electrons. The predicted octanol–water partition coefficient (Wildman–Crippen LogP) is 3.64. The minimum atomic E-state index is -0.835. The van der Waals surface area contributed by atoms with E-state index in [2.05, 4.69) is 5.32 Å². The molecule has 22 heavy (non-hydrogen) atoms. The highest BCUT2D eigenvalue weighted by atomic mass is 35.5. The number of hydrogen-bond acceptors (Lipinski definition) is 3. The molecule has 2 aromatic rings. The standard InChI is InChI=1S/C15H10ClF2NO3/c16-11-6-13-14(22-2-1-21-13)7-12(11)19-15(20)8-3-9(17)5-10(18)4-8/h3-7H,1-2H2,(H,19,20). The maximum atomic E-state index is 13.1. The number of ether oxygens (including phenoxy) is 2. The molecule has 7 heteroatoms. The number of amides is 1. The van der Waals surface area contributed by atoms with Gasteiger partial charge in [-0.05, 0) is 12.1 Å². The molecule has 1 amide bonds. The SMILES string of the molecule is O=C(Nc1cc2c(cc1Cl)OCCO2)c1cc(F)cc(F)c1. The molecule has 0 fully saturated rings. The van der Waals surface area contributed by atoms with Gasteiger partial charge in [0.15, 0.2) is 11.5 Å². The summed E-state index contributed by atoms with van der Waals surface area (Å²) in [5.74, 6) is -1.43. The van der Waals surface area contributed by atoms with Crippen LogP contribution in [0.15, 0.2) is 30.3 Å². The monoisotopic (exact) mass is 325 g/mol. The van der Waals surface area contributed by atoms with Gasteiger partial charge in [-0.25, -0.2) is 8.78 Å². The van der Waals surface area contributed by atoms with E-state index in [1.54, 1.807) is 0 Å². The van der Waals surface area contributed by atoms with Crippen LogP contribution in [0.25, 0.3) is 0 Å². The van der Waals surface area contributed by atoms with Gasteiger partial charge < -0.3 is 14.8 Å². The van der Waals surface area contributed by atoms with Gasteiger partial charge >= 0.3 is 0 Å². The fourth-order valence-electron chi connectivity index (χ4n) is 2.04. The molecule has 4 nitrogen and oxygen atoms in total. The topological polar surface area (TPSA) is 47.6 Å². The summed E-state index contributed by atoms with van der Waals surface area (Å²) < 4.78 is 37.0. The Kier molecular flexibility index (Phi) is 3.85. The Balaban J connectivity index is 1.87. The zero-order valence-corrected chi connectivity index (χ0v) is 11.9. The van der Waals surface area contributed by atoms with Crippen molar-refractivity contribution in [3.05, 3.63) is 52.6 Å². The third-order valence-corrected chi connectivity index (χ3v) is 3.32. The van der Waals surface area contributed by atoms with Crippen molar-refractivity contribution in [1.29, 1.82) is 0 Å². The number of halogens is 3. The van der Waals surface area contributed by atoms with Crippen LogP contribution in [0.5, 0.6) is 11.5 Å². The average molecular weight is 326 g/mol. The Morgan fingerprint density at radius 1 is 1.00 bits per heavy atom. The molecule has 2 aromatic carbocycles. The van der Waals surface area contributed by atoms with Gasteiger partial charge in [-0.3, -0.25) is 4.79 Å². The van der Waals surface area contributed by atoms with Crippen molar-refractivity contribution in [3.63, 3.8) is 0 Å². The van der Waals surface area contributed by atoms with Crippen molar-refractivity contribution < 1.29 is 23.0 Å². The number of carbonyl (C=O) groups is 1. The minimum absolute atomic E-state index is 0.150. The largest absolute Gasteiger partial charge is 0.486 e. The van der Waals surface area contributed by atoms with Crippen LogP contribution in [0.2, 0.25) is 5.02 Å². The number of fused-ring (bicyclic) bond motifs is 1. The van der Waals surface area contributed by atoms with Crippen LogP contribution < -0.4 is 14.8 Å². The van der Waals surface area contributed by atoms with E-state index in [0.29, 0.717) is 30.8 Å². The molecule has 0 atom stereocenters. The van der Waals surface area contributed by atoms with E-state index in [4.69, 9.17) is 21.1 Å². The van der Waals surface area contributed by atoms with Gasteiger partial charge in [0.25, 0.3) is 5.91 Å². The first-order chi connectivity index (χ1) is 10.5. The van der Waals surface area contributed by atoms with Gasteiger partial charge in [-0.1, -0.05) is 11.6 Å². The third kappa shape index (κ3) is 2.96. The summed E-state index contributed by atoms with van der Waals surface area (Å²) in [5.41, 5.74) is 0.115. The first-order valence-electron chi connectivity index (χ1n) is 6.39. The number of rotatable bonds is 2. The first kappa shape index (κ1) is 14.6. The van der Waals surface area contributed by atoms with Crippen molar-refractivity contribution in [2.45, 2.75) is 0 Å². The van der Waals surface area contributed by atoms with Crippen molar-refractivity contribution >= 4 is 23.2 Å². The lowest BCUT2D eigenvalue weighted by Gasteiger charge is -2.20. The molecule has 1 aliphatic heterocycles. The molecule has 0 spiro atoms. The van der Waals surface area contributed by atoms with Gasteiger partial charge in [0.2, 0.25) is 0 Å². The van der Waals surface area contributed by atoms with E-state index < -0.39 is 17.5 Å². The molecule has 0 unspecified atom stereocenters. The summed E-state index contributed by atoms with van der Waals surface area (Å²) in [4.78, 5) is 12.1. The van der Waals surface area contributed by atoms with E-state index in [1.807, 2.05) is 0 Å².